The summed E-state index contributed by atoms with van der Waals surface area (Å²) in [5.41, 5.74) is 3.15. The maximum absolute atomic E-state index is 14.1. The van der Waals surface area contributed by atoms with Crippen LogP contribution in [-0.4, -0.2) is 39.6 Å². The number of fused-ring (bicyclic) bond motifs is 2. The average molecular weight is 438 g/mol. The van der Waals surface area contributed by atoms with Crippen molar-refractivity contribution in [1.82, 2.24) is 20.3 Å². The van der Waals surface area contributed by atoms with E-state index < -0.39 is 17.5 Å². The highest BCUT2D eigenvalue weighted by molar-refractivity contribution is 6.09. The van der Waals surface area contributed by atoms with Crippen molar-refractivity contribution in [2.24, 2.45) is 16.0 Å². The Morgan fingerprint density at radius 1 is 1.12 bits per heavy atom. The van der Waals surface area contributed by atoms with Gasteiger partial charge in [0.15, 0.2) is 6.17 Å². The number of hydrogen-bond acceptors (Lipinski definition) is 5. The molecule has 2 unspecified atom stereocenters. The van der Waals surface area contributed by atoms with Gasteiger partial charge in [-0.2, -0.15) is 5.10 Å². The first-order chi connectivity index (χ1) is 15.4. The lowest BCUT2D eigenvalue weighted by atomic mass is 10.1. The van der Waals surface area contributed by atoms with Gasteiger partial charge in [-0.15, -0.1) is 0 Å². The molecule has 0 bridgehead atoms. The highest BCUT2D eigenvalue weighted by Crippen LogP contribution is 2.28. The van der Waals surface area contributed by atoms with Crippen LogP contribution in [0.5, 0.6) is 0 Å². The molecule has 164 valence electrons. The highest BCUT2D eigenvalue weighted by Gasteiger charge is 2.33. The molecule has 32 heavy (non-hydrogen) atoms. The smallest absolute Gasteiger partial charge is 0.151 e. The van der Waals surface area contributed by atoms with E-state index in [1.165, 1.54) is 12.1 Å². The second-order valence-corrected chi connectivity index (χ2v) is 8.03. The van der Waals surface area contributed by atoms with Gasteiger partial charge in [0.05, 0.1) is 17.4 Å². The lowest BCUT2D eigenvalue weighted by Crippen LogP contribution is -2.39. The number of aryl methyl sites for hydroxylation is 1. The molecule has 2 aliphatic heterocycles. The highest BCUT2D eigenvalue weighted by atomic mass is 19.1. The first-order valence-electron chi connectivity index (χ1n) is 10.3. The number of pyridine rings is 1. The van der Waals surface area contributed by atoms with Crippen LogP contribution in [0.3, 0.4) is 0 Å². The van der Waals surface area contributed by atoms with Crippen LogP contribution in [0.4, 0.5) is 13.2 Å². The number of hydrazone groups is 1. The average Bonchev–Trinajstić information content (AvgIpc) is 3.28. The summed E-state index contributed by atoms with van der Waals surface area (Å²) in [5, 5.41) is 10.1. The molecule has 2 N–H and O–H groups in total. The van der Waals surface area contributed by atoms with Crippen molar-refractivity contribution in [3.05, 3.63) is 76.8 Å². The summed E-state index contributed by atoms with van der Waals surface area (Å²) in [5.74, 6) is -0.838. The number of allylic oxidation sites excluding steroid dienone is 1. The maximum atomic E-state index is 14.1. The van der Waals surface area contributed by atoms with Crippen molar-refractivity contribution < 1.29 is 13.2 Å². The summed E-state index contributed by atoms with van der Waals surface area (Å²) >= 11 is 0. The number of aromatic amines is 1. The molecule has 2 aliphatic rings. The minimum atomic E-state index is -0.606. The van der Waals surface area contributed by atoms with Crippen LogP contribution in [0.1, 0.15) is 23.7 Å². The number of rotatable bonds is 5. The minimum absolute atomic E-state index is 0.0823. The van der Waals surface area contributed by atoms with E-state index in [4.69, 9.17) is 4.99 Å². The van der Waals surface area contributed by atoms with Gasteiger partial charge in [0, 0.05) is 53.7 Å². The number of halogens is 3. The van der Waals surface area contributed by atoms with Gasteiger partial charge < -0.3 is 10.3 Å². The van der Waals surface area contributed by atoms with E-state index >= 15 is 0 Å². The number of nitrogens with one attached hydrogen (secondary N) is 2. The normalized spacial score (nSPS) is 19.8. The Morgan fingerprint density at radius 3 is 2.78 bits per heavy atom. The van der Waals surface area contributed by atoms with E-state index in [1.54, 1.807) is 11.2 Å². The molecule has 0 fully saturated rings. The molecule has 2 atom stereocenters. The third-order valence-corrected chi connectivity index (χ3v) is 5.77. The zero-order valence-corrected chi connectivity index (χ0v) is 17.5. The van der Waals surface area contributed by atoms with Crippen molar-refractivity contribution in [2.75, 3.05) is 6.54 Å². The number of aliphatic imine (C=N–C) groups is 1. The summed E-state index contributed by atoms with van der Waals surface area (Å²) in [6.07, 6.45) is 6.66. The van der Waals surface area contributed by atoms with Crippen molar-refractivity contribution in [3.63, 3.8) is 0 Å². The third-order valence-electron chi connectivity index (χ3n) is 5.77. The van der Waals surface area contributed by atoms with Crippen LogP contribution in [0.25, 0.3) is 10.9 Å². The Labute approximate surface area is 182 Å². The van der Waals surface area contributed by atoms with Gasteiger partial charge in [0.2, 0.25) is 0 Å². The van der Waals surface area contributed by atoms with Gasteiger partial charge >= 0.3 is 0 Å². The van der Waals surface area contributed by atoms with Gasteiger partial charge in [-0.05, 0) is 31.0 Å². The Kier molecular flexibility index (Phi) is 4.96. The zero-order chi connectivity index (χ0) is 22.4. The van der Waals surface area contributed by atoms with Crippen molar-refractivity contribution in [3.8, 4) is 0 Å². The second kappa shape index (κ2) is 7.81. The van der Waals surface area contributed by atoms with Crippen molar-refractivity contribution >= 4 is 22.8 Å². The van der Waals surface area contributed by atoms with E-state index in [0.717, 1.165) is 29.3 Å². The van der Waals surface area contributed by atoms with Crippen LogP contribution in [0, 0.1) is 30.3 Å². The molecule has 5 rings (SSSR count). The first-order valence-corrected chi connectivity index (χ1v) is 10.3. The molecule has 1 aromatic carbocycles. The van der Waals surface area contributed by atoms with E-state index in [-0.39, 0.29) is 12.1 Å². The molecule has 0 radical (unpaired) electrons. The summed E-state index contributed by atoms with van der Waals surface area (Å²) in [7, 11) is 0. The predicted octanol–water partition coefficient (Wildman–Crippen LogP) is 4.03. The SMILES string of the molecule is Cc1[nH]c2c(F)cc(F)cc2c1CCNC1=CC(c2cncc(F)c2)=NC2C(C)C=NN12. The number of benzene rings is 1. The quantitative estimate of drug-likeness (QED) is 0.632. The Bertz CT molecular complexity index is 1290. The molecule has 0 amide bonds. The molecule has 0 spiro atoms. The van der Waals surface area contributed by atoms with Crippen LogP contribution >= 0.6 is 0 Å². The number of aromatic nitrogens is 2. The Balaban J connectivity index is 1.40. The fourth-order valence-corrected chi connectivity index (χ4v) is 4.18. The van der Waals surface area contributed by atoms with E-state index in [2.05, 4.69) is 20.4 Å². The van der Waals surface area contributed by atoms with Gasteiger partial charge in [0.1, 0.15) is 23.3 Å². The van der Waals surface area contributed by atoms with Crippen LogP contribution in [0.2, 0.25) is 0 Å². The Hall–Kier alpha value is -3.62. The summed E-state index contributed by atoms with van der Waals surface area (Å²) in [4.78, 5) is 11.7. The van der Waals surface area contributed by atoms with Crippen LogP contribution in [-0.2, 0) is 6.42 Å². The fourth-order valence-electron chi connectivity index (χ4n) is 4.18. The topological polar surface area (TPSA) is 68.7 Å². The molecule has 0 saturated carbocycles. The van der Waals surface area contributed by atoms with Crippen molar-refractivity contribution in [1.29, 1.82) is 0 Å². The predicted molar refractivity (Wildman–Crippen MR) is 117 cm³/mol. The molecule has 0 aliphatic carbocycles. The fraction of sp³-hybridized carbons (Fsp3) is 0.261. The van der Waals surface area contributed by atoms with E-state index in [0.29, 0.717) is 35.1 Å². The zero-order valence-electron chi connectivity index (χ0n) is 17.5. The number of nitrogens with zero attached hydrogens (tertiary/aromatic N) is 4. The minimum Gasteiger partial charge on any atom is -0.370 e. The largest absolute Gasteiger partial charge is 0.370 e. The lowest BCUT2D eigenvalue weighted by Gasteiger charge is -2.30. The summed E-state index contributed by atoms with van der Waals surface area (Å²) in [6, 6.07) is 3.62. The second-order valence-electron chi connectivity index (χ2n) is 8.03. The monoisotopic (exact) mass is 438 g/mol. The third kappa shape index (κ3) is 3.53. The van der Waals surface area contributed by atoms with Gasteiger partial charge in [-0.25, -0.2) is 18.2 Å². The van der Waals surface area contributed by atoms with Crippen LogP contribution in [0.15, 0.2) is 52.6 Å². The van der Waals surface area contributed by atoms with Gasteiger partial charge in [-0.3, -0.25) is 9.98 Å². The van der Waals surface area contributed by atoms with Crippen molar-refractivity contribution in [2.45, 2.75) is 26.4 Å². The van der Waals surface area contributed by atoms with Gasteiger partial charge in [0.25, 0.3) is 0 Å². The van der Waals surface area contributed by atoms with Crippen LogP contribution < -0.4 is 5.32 Å². The van der Waals surface area contributed by atoms with Gasteiger partial charge in [-0.1, -0.05) is 6.92 Å². The molecular weight excluding hydrogens is 417 g/mol. The lowest BCUT2D eigenvalue weighted by molar-refractivity contribution is 0.249. The Morgan fingerprint density at radius 2 is 1.97 bits per heavy atom. The molecule has 9 heteroatoms. The summed E-state index contributed by atoms with van der Waals surface area (Å²) < 4.78 is 41.6. The molecular formula is C23H21F3N6. The van der Waals surface area contributed by atoms with E-state index in [9.17, 15) is 13.2 Å². The summed E-state index contributed by atoms with van der Waals surface area (Å²) in [6.45, 7) is 4.36. The molecule has 6 nitrogen and oxygen atoms in total. The molecule has 4 heterocycles. The van der Waals surface area contributed by atoms with E-state index in [1.807, 2.05) is 26.1 Å². The maximum Gasteiger partial charge on any atom is 0.151 e. The molecule has 0 saturated heterocycles. The number of H-pyrrole nitrogens is 1. The standard InChI is InChI=1S/C23H21F3N6/c1-12-9-29-32-21(8-20(31-23(12)32)14-5-16(25)11-27-10-14)28-4-3-17-13(2)30-22-18(17)6-15(24)7-19(22)26/h5-12,23,28,30H,3-4H2,1-2H3. The molecule has 2 aromatic heterocycles. The number of hydrogen-bond donors (Lipinski definition) is 2. The first kappa shape index (κ1) is 20.3. The molecule has 3 aromatic rings.